The van der Waals surface area contributed by atoms with Gasteiger partial charge in [0.2, 0.25) is 0 Å². The summed E-state index contributed by atoms with van der Waals surface area (Å²) in [5, 5.41) is 20.4. The molecular formula is C20H13BrN2O3. The zero-order chi connectivity index (χ0) is 18.7. The monoisotopic (exact) mass is 408 g/mol. The van der Waals surface area contributed by atoms with Crippen LogP contribution < -0.4 is 0 Å². The van der Waals surface area contributed by atoms with Crippen LogP contribution in [0.25, 0.3) is 23.0 Å². The minimum Gasteiger partial charge on any atom is -0.457 e. The number of nitro benzene ring substituents is 1. The molecule has 1 heterocycles. The molecule has 0 spiro atoms. The van der Waals surface area contributed by atoms with Crippen molar-refractivity contribution in [1.29, 1.82) is 5.26 Å². The van der Waals surface area contributed by atoms with Gasteiger partial charge in [0.1, 0.15) is 11.5 Å². The van der Waals surface area contributed by atoms with Gasteiger partial charge in [-0.05, 0) is 48.4 Å². The standard InChI is InChI=1S/C20H13BrN2O3/c1-13-2-7-17(23(24)25)11-19(13)20-9-8-18(26-20)10-15(12-22)14-3-5-16(21)6-4-14/h2-11H,1H3. The molecule has 0 saturated heterocycles. The van der Waals surface area contributed by atoms with Gasteiger partial charge < -0.3 is 4.42 Å². The Kier molecular flexibility index (Phi) is 5.01. The number of furan rings is 1. The number of allylic oxidation sites excluding steroid dienone is 1. The molecule has 0 amide bonds. The predicted octanol–water partition coefficient (Wildman–Crippen LogP) is 5.99. The average Bonchev–Trinajstić information content (AvgIpc) is 3.09. The number of nitrogens with zero attached hydrogens (tertiary/aromatic N) is 2. The summed E-state index contributed by atoms with van der Waals surface area (Å²) in [4.78, 5) is 10.6. The van der Waals surface area contributed by atoms with Gasteiger partial charge >= 0.3 is 0 Å². The van der Waals surface area contributed by atoms with E-state index in [2.05, 4.69) is 22.0 Å². The molecule has 0 saturated carbocycles. The second-order valence-electron chi connectivity index (χ2n) is 5.64. The Hall–Kier alpha value is -3.17. The first-order valence-corrected chi connectivity index (χ1v) is 8.50. The molecule has 5 nitrogen and oxygen atoms in total. The molecule has 128 valence electrons. The Morgan fingerprint density at radius 2 is 1.92 bits per heavy atom. The molecule has 0 N–H and O–H groups in total. The van der Waals surface area contributed by atoms with E-state index in [1.807, 2.05) is 31.2 Å². The van der Waals surface area contributed by atoms with E-state index in [-0.39, 0.29) is 5.69 Å². The van der Waals surface area contributed by atoms with Crippen LogP contribution >= 0.6 is 15.9 Å². The highest BCUT2D eigenvalue weighted by Crippen LogP contribution is 2.30. The topological polar surface area (TPSA) is 80.1 Å². The van der Waals surface area contributed by atoms with Crippen LogP contribution in [0.3, 0.4) is 0 Å². The third kappa shape index (κ3) is 3.73. The van der Waals surface area contributed by atoms with Crippen molar-refractivity contribution in [2.75, 3.05) is 0 Å². The number of nitriles is 1. The lowest BCUT2D eigenvalue weighted by atomic mass is 10.1. The van der Waals surface area contributed by atoms with Crippen molar-refractivity contribution in [3.05, 3.63) is 86.1 Å². The number of hydrogen-bond acceptors (Lipinski definition) is 4. The number of halogens is 1. The van der Waals surface area contributed by atoms with E-state index in [4.69, 9.17) is 4.42 Å². The Bertz CT molecular complexity index is 1040. The molecule has 0 aliphatic heterocycles. The van der Waals surface area contributed by atoms with E-state index in [0.29, 0.717) is 22.7 Å². The Morgan fingerprint density at radius 1 is 1.19 bits per heavy atom. The molecule has 0 unspecified atom stereocenters. The lowest BCUT2D eigenvalue weighted by Crippen LogP contribution is -1.89. The average molecular weight is 409 g/mol. The second kappa shape index (κ2) is 7.38. The second-order valence-corrected chi connectivity index (χ2v) is 6.55. The minimum absolute atomic E-state index is 0.00617. The zero-order valence-electron chi connectivity index (χ0n) is 13.8. The van der Waals surface area contributed by atoms with E-state index in [9.17, 15) is 15.4 Å². The van der Waals surface area contributed by atoms with Crippen LogP contribution in [0.2, 0.25) is 0 Å². The summed E-state index contributed by atoms with van der Waals surface area (Å²) in [5.74, 6) is 1.02. The SMILES string of the molecule is Cc1ccc([N+](=O)[O-])cc1-c1ccc(C=C(C#N)c2ccc(Br)cc2)o1. The van der Waals surface area contributed by atoms with Crippen LogP contribution in [0.5, 0.6) is 0 Å². The van der Waals surface area contributed by atoms with Crippen molar-refractivity contribution in [3.63, 3.8) is 0 Å². The first-order chi connectivity index (χ1) is 12.5. The molecule has 26 heavy (non-hydrogen) atoms. The number of non-ortho nitro benzene ring substituents is 1. The largest absolute Gasteiger partial charge is 0.457 e. The van der Waals surface area contributed by atoms with E-state index in [1.54, 1.807) is 24.3 Å². The maximum atomic E-state index is 11.0. The Labute approximate surface area is 158 Å². The van der Waals surface area contributed by atoms with Gasteiger partial charge in [0, 0.05) is 22.2 Å². The van der Waals surface area contributed by atoms with Gasteiger partial charge in [-0.15, -0.1) is 0 Å². The molecule has 1 aromatic heterocycles. The highest BCUT2D eigenvalue weighted by atomic mass is 79.9. The Morgan fingerprint density at radius 3 is 2.58 bits per heavy atom. The third-order valence-electron chi connectivity index (χ3n) is 3.89. The summed E-state index contributed by atoms with van der Waals surface area (Å²) in [6, 6.07) is 17.7. The number of aryl methyl sites for hydroxylation is 1. The van der Waals surface area contributed by atoms with Crippen LogP contribution in [0.1, 0.15) is 16.9 Å². The molecule has 0 aliphatic carbocycles. The summed E-state index contributed by atoms with van der Waals surface area (Å²) >= 11 is 3.37. The van der Waals surface area contributed by atoms with Crippen molar-refractivity contribution in [1.82, 2.24) is 0 Å². The molecule has 6 heteroatoms. The minimum atomic E-state index is -0.436. The summed E-state index contributed by atoms with van der Waals surface area (Å²) < 4.78 is 6.73. The van der Waals surface area contributed by atoms with Crippen molar-refractivity contribution >= 4 is 33.3 Å². The van der Waals surface area contributed by atoms with Gasteiger partial charge in [0.15, 0.2) is 0 Å². The van der Waals surface area contributed by atoms with Crippen molar-refractivity contribution in [3.8, 4) is 17.4 Å². The first kappa shape index (κ1) is 17.6. The van der Waals surface area contributed by atoms with Crippen LogP contribution in [0.15, 0.2) is 63.5 Å². The van der Waals surface area contributed by atoms with Crippen LogP contribution in [-0.4, -0.2) is 4.92 Å². The van der Waals surface area contributed by atoms with E-state index < -0.39 is 4.92 Å². The molecular weight excluding hydrogens is 396 g/mol. The van der Waals surface area contributed by atoms with Gasteiger partial charge in [-0.1, -0.05) is 34.1 Å². The lowest BCUT2D eigenvalue weighted by molar-refractivity contribution is -0.384. The fraction of sp³-hybridized carbons (Fsp3) is 0.0500. The molecule has 0 atom stereocenters. The van der Waals surface area contributed by atoms with Crippen molar-refractivity contribution in [2.24, 2.45) is 0 Å². The molecule has 0 aliphatic rings. The first-order valence-electron chi connectivity index (χ1n) is 7.71. The molecule has 0 fully saturated rings. The highest BCUT2D eigenvalue weighted by molar-refractivity contribution is 9.10. The number of hydrogen-bond donors (Lipinski definition) is 0. The smallest absolute Gasteiger partial charge is 0.270 e. The van der Waals surface area contributed by atoms with Gasteiger partial charge in [-0.25, -0.2) is 0 Å². The van der Waals surface area contributed by atoms with Gasteiger partial charge in [-0.2, -0.15) is 5.26 Å². The zero-order valence-corrected chi connectivity index (χ0v) is 15.4. The molecule has 2 aromatic carbocycles. The normalized spacial score (nSPS) is 11.2. The van der Waals surface area contributed by atoms with E-state index in [1.165, 1.54) is 12.1 Å². The van der Waals surface area contributed by atoms with E-state index in [0.717, 1.165) is 15.6 Å². The van der Waals surface area contributed by atoms with Crippen molar-refractivity contribution < 1.29 is 9.34 Å². The summed E-state index contributed by atoms with van der Waals surface area (Å²) in [7, 11) is 0. The lowest BCUT2D eigenvalue weighted by Gasteiger charge is -2.02. The number of rotatable bonds is 4. The van der Waals surface area contributed by atoms with Crippen molar-refractivity contribution in [2.45, 2.75) is 6.92 Å². The quantitative estimate of drug-likeness (QED) is 0.301. The van der Waals surface area contributed by atoms with Gasteiger partial charge in [0.25, 0.3) is 5.69 Å². The summed E-state index contributed by atoms with van der Waals surface area (Å²) in [6.45, 7) is 1.86. The molecule has 3 aromatic rings. The summed E-state index contributed by atoms with van der Waals surface area (Å²) in [5.41, 5.74) is 2.77. The number of benzene rings is 2. The third-order valence-corrected chi connectivity index (χ3v) is 4.42. The summed E-state index contributed by atoms with van der Waals surface area (Å²) in [6.07, 6.45) is 1.65. The number of nitro groups is 1. The van der Waals surface area contributed by atoms with Gasteiger partial charge in [0.05, 0.1) is 16.6 Å². The van der Waals surface area contributed by atoms with Gasteiger partial charge in [-0.3, -0.25) is 10.1 Å². The molecule has 3 rings (SSSR count). The fourth-order valence-electron chi connectivity index (χ4n) is 2.52. The van der Waals surface area contributed by atoms with E-state index >= 15 is 0 Å². The fourth-order valence-corrected chi connectivity index (χ4v) is 2.78. The maximum Gasteiger partial charge on any atom is 0.270 e. The van der Waals surface area contributed by atoms with Crippen LogP contribution in [0.4, 0.5) is 5.69 Å². The highest BCUT2D eigenvalue weighted by Gasteiger charge is 2.13. The predicted molar refractivity (Wildman–Crippen MR) is 103 cm³/mol. The van der Waals surface area contributed by atoms with Crippen LogP contribution in [0, 0.1) is 28.4 Å². The molecule has 0 bridgehead atoms. The maximum absolute atomic E-state index is 11.0. The van der Waals surface area contributed by atoms with Crippen LogP contribution in [-0.2, 0) is 0 Å². The molecule has 0 radical (unpaired) electrons. The Balaban J connectivity index is 1.97.